The molecule has 0 saturated carbocycles. The Kier molecular flexibility index (Phi) is 3.41. The largest absolute Gasteiger partial charge is 0.408 e. The average molecular weight is 212 g/mol. The van der Waals surface area contributed by atoms with Gasteiger partial charge in [-0.05, 0) is 20.4 Å². The van der Waals surface area contributed by atoms with Crippen LogP contribution < -0.4 is 10.6 Å². The minimum Gasteiger partial charge on any atom is -0.408 e. The van der Waals surface area contributed by atoms with Crippen molar-refractivity contribution < 1.29 is 9.21 Å². The molecule has 0 aromatic carbocycles. The molecule has 15 heavy (non-hydrogen) atoms. The Morgan fingerprint density at radius 3 is 2.60 bits per heavy atom. The number of nitrogens with one attached hydrogen (secondary N) is 2. The summed E-state index contributed by atoms with van der Waals surface area (Å²) >= 11 is 0. The molecule has 0 saturated heterocycles. The van der Waals surface area contributed by atoms with Crippen LogP contribution >= 0.6 is 0 Å². The minimum atomic E-state index is -0.656. The highest BCUT2D eigenvalue weighted by Crippen LogP contribution is 2.09. The lowest BCUT2D eigenvalue weighted by atomic mass is 10.1. The van der Waals surface area contributed by atoms with E-state index < -0.39 is 5.54 Å². The first kappa shape index (κ1) is 11.6. The van der Waals surface area contributed by atoms with Gasteiger partial charge in [-0.25, -0.2) is 0 Å². The SMILES string of the molecule is CCNC(C)(C)C(=O)Nc1nnc(C)o1. The second kappa shape index (κ2) is 4.39. The van der Waals surface area contributed by atoms with Crippen molar-refractivity contribution in [2.45, 2.75) is 33.2 Å². The van der Waals surface area contributed by atoms with Crippen LogP contribution in [0.4, 0.5) is 6.01 Å². The van der Waals surface area contributed by atoms with Gasteiger partial charge in [-0.2, -0.15) is 0 Å². The molecule has 1 aromatic rings. The third-order valence-corrected chi connectivity index (χ3v) is 1.93. The molecule has 1 aromatic heterocycles. The molecule has 0 unspecified atom stereocenters. The van der Waals surface area contributed by atoms with E-state index in [-0.39, 0.29) is 11.9 Å². The number of amides is 1. The summed E-state index contributed by atoms with van der Waals surface area (Å²) in [5, 5.41) is 12.9. The third kappa shape index (κ3) is 3.02. The Labute approximate surface area is 88.4 Å². The number of likely N-dealkylation sites (N-methyl/N-ethyl adjacent to an activating group) is 1. The number of anilines is 1. The lowest BCUT2D eigenvalue weighted by molar-refractivity contribution is -0.121. The summed E-state index contributed by atoms with van der Waals surface area (Å²) in [6.07, 6.45) is 0. The van der Waals surface area contributed by atoms with E-state index in [4.69, 9.17) is 4.42 Å². The fourth-order valence-corrected chi connectivity index (χ4v) is 1.12. The normalized spacial score (nSPS) is 11.5. The van der Waals surface area contributed by atoms with Gasteiger partial charge in [0.25, 0.3) is 0 Å². The Hall–Kier alpha value is -1.43. The Balaban J connectivity index is 2.63. The molecule has 6 heteroatoms. The fourth-order valence-electron chi connectivity index (χ4n) is 1.12. The van der Waals surface area contributed by atoms with Crippen molar-refractivity contribution in [1.29, 1.82) is 0 Å². The summed E-state index contributed by atoms with van der Waals surface area (Å²) < 4.78 is 5.05. The van der Waals surface area contributed by atoms with Crippen LogP contribution in [0.15, 0.2) is 4.42 Å². The predicted molar refractivity (Wildman–Crippen MR) is 55.4 cm³/mol. The molecule has 6 nitrogen and oxygen atoms in total. The minimum absolute atomic E-state index is 0.128. The first-order valence-corrected chi connectivity index (χ1v) is 4.82. The zero-order valence-corrected chi connectivity index (χ0v) is 9.42. The molecule has 0 aliphatic heterocycles. The summed E-state index contributed by atoms with van der Waals surface area (Å²) in [5.41, 5.74) is -0.656. The highest BCUT2D eigenvalue weighted by molar-refractivity contribution is 5.95. The van der Waals surface area contributed by atoms with E-state index in [1.54, 1.807) is 20.8 Å². The number of rotatable bonds is 4. The van der Waals surface area contributed by atoms with Crippen LogP contribution in [0.25, 0.3) is 0 Å². The van der Waals surface area contributed by atoms with Crippen molar-refractivity contribution in [3.8, 4) is 0 Å². The molecule has 0 aliphatic carbocycles. The maximum atomic E-state index is 11.7. The average Bonchev–Trinajstić information content (AvgIpc) is 2.51. The summed E-state index contributed by atoms with van der Waals surface area (Å²) in [7, 11) is 0. The zero-order chi connectivity index (χ0) is 11.5. The summed E-state index contributed by atoms with van der Waals surface area (Å²) in [6.45, 7) is 7.89. The van der Waals surface area contributed by atoms with E-state index in [0.717, 1.165) is 0 Å². The summed E-state index contributed by atoms with van der Waals surface area (Å²) in [5.74, 6) is 0.222. The lowest BCUT2D eigenvalue weighted by Crippen LogP contribution is -2.49. The van der Waals surface area contributed by atoms with Crippen LogP contribution in [-0.4, -0.2) is 28.2 Å². The molecule has 0 atom stereocenters. The molecule has 1 amide bonds. The molecule has 0 bridgehead atoms. The number of hydrogen-bond acceptors (Lipinski definition) is 5. The summed E-state index contributed by atoms with van der Waals surface area (Å²) in [4.78, 5) is 11.7. The van der Waals surface area contributed by atoms with Crippen LogP contribution in [0.2, 0.25) is 0 Å². The maximum Gasteiger partial charge on any atom is 0.322 e. The fraction of sp³-hybridized carbons (Fsp3) is 0.667. The van der Waals surface area contributed by atoms with Crippen LogP contribution in [0, 0.1) is 6.92 Å². The maximum absolute atomic E-state index is 11.7. The van der Waals surface area contributed by atoms with Gasteiger partial charge in [-0.15, -0.1) is 5.10 Å². The van der Waals surface area contributed by atoms with Gasteiger partial charge < -0.3 is 9.73 Å². The number of aromatic nitrogens is 2. The van der Waals surface area contributed by atoms with E-state index in [9.17, 15) is 4.79 Å². The van der Waals surface area contributed by atoms with E-state index in [1.807, 2.05) is 6.92 Å². The molecule has 0 aliphatic rings. The van der Waals surface area contributed by atoms with E-state index >= 15 is 0 Å². The van der Waals surface area contributed by atoms with Gasteiger partial charge in [-0.3, -0.25) is 10.1 Å². The Bertz CT molecular complexity index is 346. The van der Waals surface area contributed by atoms with Gasteiger partial charge in [0.1, 0.15) is 0 Å². The zero-order valence-electron chi connectivity index (χ0n) is 9.42. The Morgan fingerprint density at radius 2 is 2.13 bits per heavy atom. The van der Waals surface area contributed by atoms with Crippen molar-refractivity contribution in [3.05, 3.63) is 5.89 Å². The van der Waals surface area contributed by atoms with E-state index in [2.05, 4.69) is 20.8 Å². The van der Waals surface area contributed by atoms with E-state index in [1.165, 1.54) is 0 Å². The van der Waals surface area contributed by atoms with Crippen molar-refractivity contribution in [3.63, 3.8) is 0 Å². The van der Waals surface area contributed by atoms with Crippen molar-refractivity contribution in [2.24, 2.45) is 0 Å². The second-order valence-corrected chi connectivity index (χ2v) is 3.74. The lowest BCUT2D eigenvalue weighted by Gasteiger charge is -2.23. The molecule has 1 heterocycles. The number of carbonyl (C=O) groups is 1. The van der Waals surface area contributed by atoms with E-state index in [0.29, 0.717) is 12.4 Å². The standard InChI is InChI=1S/C9H16N4O2/c1-5-10-9(3,4)7(14)11-8-13-12-6(2)15-8/h10H,5H2,1-4H3,(H,11,13,14). The van der Waals surface area contributed by atoms with Gasteiger partial charge in [-0.1, -0.05) is 12.0 Å². The highest BCUT2D eigenvalue weighted by atomic mass is 16.4. The monoisotopic (exact) mass is 212 g/mol. The first-order valence-electron chi connectivity index (χ1n) is 4.82. The molecule has 2 N–H and O–H groups in total. The van der Waals surface area contributed by atoms with Crippen molar-refractivity contribution in [1.82, 2.24) is 15.5 Å². The van der Waals surface area contributed by atoms with Crippen LogP contribution in [0.5, 0.6) is 0 Å². The number of carbonyl (C=O) groups excluding carboxylic acids is 1. The summed E-state index contributed by atoms with van der Waals surface area (Å²) in [6, 6.07) is 0.128. The van der Waals surface area contributed by atoms with Gasteiger partial charge in [0.05, 0.1) is 5.54 Å². The smallest absolute Gasteiger partial charge is 0.322 e. The number of nitrogens with zero attached hydrogens (tertiary/aromatic N) is 2. The van der Waals surface area contributed by atoms with Gasteiger partial charge in [0, 0.05) is 6.92 Å². The van der Waals surface area contributed by atoms with Gasteiger partial charge in [0.15, 0.2) is 0 Å². The molecule has 84 valence electrons. The molecular weight excluding hydrogens is 196 g/mol. The van der Waals surface area contributed by atoms with Crippen molar-refractivity contribution >= 4 is 11.9 Å². The van der Waals surface area contributed by atoms with Crippen LogP contribution in [0.1, 0.15) is 26.7 Å². The number of aryl methyl sites for hydroxylation is 1. The first-order chi connectivity index (χ1) is 6.95. The highest BCUT2D eigenvalue weighted by Gasteiger charge is 2.27. The predicted octanol–water partition coefficient (Wildman–Crippen LogP) is 0.705. The Morgan fingerprint density at radius 1 is 1.47 bits per heavy atom. The molecule has 0 spiro atoms. The molecule has 0 radical (unpaired) electrons. The van der Waals surface area contributed by atoms with Gasteiger partial charge in [0.2, 0.25) is 11.8 Å². The van der Waals surface area contributed by atoms with Crippen molar-refractivity contribution in [2.75, 3.05) is 11.9 Å². The molecule has 0 fully saturated rings. The molecule has 1 rings (SSSR count). The van der Waals surface area contributed by atoms with Crippen LogP contribution in [0.3, 0.4) is 0 Å². The second-order valence-electron chi connectivity index (χ2n) is 3.74. The topological polar surface area (TPSA) is 80.0 Å². The van der Waals surface area contributed by atoms with Gasteiger partial charge >= 0.3 is 6.01 Å². The molecular formula is C9H16N4O2. The third-order valence-electron chi connectivity index (χ3n) is 1.93. The van der Waals surface area contributed by atoms with Crippen LogP contribution in [-0.2, 0) is 4.79 Å². The number of hydrogen-bond donors (Lipinski definition) is 2. The quantitative estimate of drug-likeness (QED) is 0.768.